The van der Waals surface area contributed by atoms with Gasteiger partial charge in [-0.15, -0.1) is 5.10 Å². The fourth-order valence-corrected chi connectivity index (χ4v) is 2.20. The average molecular weight is 239 g/mol. The van der Waals surface area contributed by atoms with Crippen LogP contribution in [-0.4, -0.2) is 40.0 Å². The van der Waals surface area contributed by atoms with Gasteiger partial charge in [-0.25, -0.2) is 4.68 Å². The van der Waals surface area contributed by atoms with Crippen LogP contribution in [0, 0.1) is 0 Å². The number of nitrogens with one attached hydrogen (secondary N) is 1. The summed E-state index contributed by atoms with van der Waals surface area (Å²) in [4.78, 5) is 0. The summed E-state index contributed by atoms with van der Waals surface area (Å²) in [5, 5.41) is 15.3. The molecule has 1 saturated heterocycles. The number of hydrogen-bond donors (Lipinski definition) is 1. The molecule has 1 fully saturated rings. The van der Waals surface area contributed by atoms with E-state index in [1.807, 2.05) is 4.68 Å². The molecule has 1 aliphatic rings. The minimum Gasteiger partial charge on any atom is -0.379 e. The van der Waals surface area contributed by atoms with Gasteiger partial charge in [0.2, 0.25) is 0 Å². The molecule has 1 N–H and O–H groups in total. The van der Waals surface area contributed by atoms with Crippen molar-refractivity contribution < 1.29 is 4.74 Å². The SMILES string of the molecule is CCCNCc1nnnn1C1(C)CCCOC1. The molecule has 0 radical (unpaired) electrons. The molecular weight excluding hydrogens is 218 g/mol. The van der Waals surface area contributed by atoms with Crippen LogP contribution in [0.1, 0.15) is 38.9 Å². The second-order valence-electron chi connectivity index (χ2n) is 4.84. The third-order valence-electron chi connectivity index (χ3n) is 3.17. The van der Waals surface area contributed by atoms with Crippen LogP contribution in [0.15, 0.2) is 0 Å². The summed E-state index contributed by atoms with van der Waals surface area (Å²) in [5.41, 5.74) is -0.0923. The van der Waals surface area contributed by atoms with E-state index in [0.717, 1.165) is 44.8 Å². The molecule has 0 amide bonds. The van der Waals surface area contributed by atoms with Gasteiger partial charge in [0, 0.05) is 6.61 Å². The first-order valence-corrected chi connectivity index (χ1v) is 6.32. The predicted octanol–water partition coefficient (Wildman–Crippen LogP) is 0.698. The minimum absolute atomic E-state index is 0.0923. The van der Waals surface area contributed by atoms with Gasteiger partial charge in [-0.1, -0.05) is 6.92 Å². The van der Waals surface area contributed by atoms with Gasteiger partial charge < -0.3 is 10.1 Å². The van der Waals surface area contributed by atoms with Crippen LogP contribution in [0.3, 0.4) is 0 Å². The molecule has 2 rings (SSSR count). The molecule has 96 valence electrons. The smallest absolute Gasteiger partial charge is 0.165 e. The molecule has 0 aromatic carbocycles. The van der Waals surface area contributed by atoms with E-state index in [1.54, 1.807) is 0 Å². The van der Waals surface area contributed by atoms with E-state index in [4.69, 9.17) is 4.74 Å². The van der Waals surface area contributed by atoms with Crippen LogP contribution < -0.4 is 5.32 Å². The maximum absolute atomic E-state index is 5.55. The summed E-state index contributed by atoms with van der Waals surface area (Å²) in [5.74, 6) is 0.895. The Balaban J connectivity index is 2.06. The lowest BCUT2D eigenvalue weighted by atomic mass is 9.95. The maximum Gasteiger partial charge on any atom is 0.165 e. The quantitative estimate of drug-likeness (QED) is 0.766. The average Bonchev–Trinajstić information content (AvgIpc) is 2.79. The van der Waals surface area contributed by atoms with Gasteiger partial charge in [-0.2, -0.15) is 0 Å². The Hall–Kier alpha value is -1.01. The zero-order valence-electron chi connectivity index (χ0n) is 10.6. The predicted molar refractivity (Wildman–Crippen MR) is 63.5 cm³/mol. The van der Waals surface area contributed by atoms with Crippen molar-refractivity contribution in [3.63, 3.8) is 0 Å². The highest BCUT2D eigenvalue weighted by Gasteiger charge is 2.32. The number of rotatable bonds is 5. The van der Waals surface area contributed by atoms with Crippen molar-refractivity contribution in [3.8, 4) is 0 Å². The highest BCUT2D eigenvalue weighted by molar-refractivity contribution is 4.91. The monoisotopic (exact) mass is 239 g/mol. The van der Waals surface area contributed by atoms with Gasteiger partial charge >= 0.3 is 0 Å². The fraction of sp³-hybridized carbons (Fsp3) is 0.909. The Morgan fingerprint density at radius 2 is 2.41 bits per heavy atom. The lowest BCUT2D eigenvalue weighted by molar-refractivity contribution is 0.00101. The van der Waals surface area contributed by atoms with Crippen molar-refractivity contribution in [2.24, 2.45) is 0 Å². The van der Waals surface area contributed by atoms with Crippen molar-refractivity contribution in [1.82, 2.24) is 25.5 Å². The van der Waals surface area contributed by atoms with E-state index in [0.29, 0.717) is 6.61 Å². The minimum atomic E-state index is -0.0923. The van der Waals surface area contributed by atoms with E-state index in [1.165, 1.54) is 0 Å². The maximum atomic E-state index is 5.55. The second kappa shape index (κ2) is 5.55. The molecule has 17 heavy (non-hydrogen) atoms. The number of hydrogen-bond acceptors (Lipinski definition) is 5. The molecule has 0 spiro atoms. The first-order chi connectivity index (χ1) is 8.26. The normalized spacial score (nSPS) is 25.1. The number of tetrazole rings is 1. The van der Waals surface area contributed by atoms with Crippen molar-refractivity contribution in [2.45, 2.75) is 45.2 Å². The highest BCUT2D eigenvalue weighted by atomic mass is 16.5. The standard InChI is InChI=1S/C11H21N5O/c1-3-6-12-8-10-13-14-15-16(10)11(2)5-4-7-17-9-11/h12H,3-9H2,1-2H3. The van der Waals surface area contributed by atoms with E-state index in [-0.39, 0.29) is 5.54 Å². The van der Waals surface area contributed by atoms with Crippen molar-refractivity contribution >= 4 is 0 Å². The molecule has 6 nitrogen and oxygen atoms in total. The first-order valence-electron chi connectivity index (χ1n) is 6.32. The summed E-state index contributed by atoms with van der Waals surface area (Å²) in [6.45, 7) is 7.55. The van der Waals surface area contributed by atoms with Gasteiger partial charge in [0.25, 0.3) is 0 Å². The Morgan fingerprint density at radius 3 is 3.12 bits per heavy atom. The van der Waals surface area contributed by atoms with Gasteiger partial charge in [-0.05, 0) is 43.2 Å². The Morgan fingerprint density at radius 1 is 1.53 bits per heavy atom. The van der Waals surface area contributed by atoms with Crippen LogP contribution in [0.4, 0.5) is 0 Å². The molecule has 1 aromatic heterocycles. The van der Waals surface area contributed by atoms with Crippen molar-refractivity contribution in [2.75, 3.05) is 19.8 Å². The Bertz CT molecular complexity index is 345. The Labute approximate surface area is 102 Å². The molecule has 6 heteroatoms. The van der Waals surface area contributed by atoms with Crippen LogP contribution in [0.2, 0.25) is 0 Å². The summed E-state index contributed by atoms with van der Waals surface area (Å²) in [7, 11) is 0. The molecule has 1 aromatic rings. The van der Waals surface area contributed by atoms with E-state index in [2.05, 4.69) is 34.7 Å². The van der Waals surface area contributed by atoms with E-state index < -0.39 is 0 Å². The van der Waals surface area contributed by atoms with Gasteiger partial charge in [0.05, 0.1) is 18.7 Å². The van der Waals surface area contributed by atoms with Gasteiger partial charge in [0.1, 0.15) is 0 Å². The lowest BCUT2D eigenvalue weighted by Crippen LogP contribution is -2.41. The largest absolute Gasteiger partial charge is 0.379 e. The molecule has 1 unspecified atom stereocenters. The zero-order chi connectivity index (χ0) is 12.1. The van der Waals surface area contributed by atoms with E-state index in [9.17, 15) is 0 Å². The molecule has 0 aliphatic carbocycles. The van der Waals surface area contributed by atoms with Crippen LogP contribution in [-0.2, 0) is 16.8 Å². The van der Waals surface area contributed by atoms with E-state index >= 15 is 0 Å². The zero-order valence-corrected chi connectivity index (χ0v) is 10.6. The summed E-state index contributed by atoms with van der Waals surface area (Å²) >= 11 is 0. The topological polar surface area (TPSA) is 64.9 Å². The first kappa shape index (κ1) is 12.4. The van der Waals surface area contributed by atoms with Crippen molar-refractivity contribution in [1.29, 1.82) is 0 Å². The molecular formula is C11H21N5O. The third kappa shape index (κ3) is 2.81. The Kier molecular flexibility index (Phi) is 4.06. The molecule has 2 heterocycles. The van der Waals surface area contributed by atoms with Crippen LogP contribution in [0.5, 0.6) is 0 Å². The number of ether oxygens (including phenoxy) is 1. The summed E-state index contributed by atoms with van der Waals surface area (Å²) in [6.07, 6.45) is 3.25. The number of aromatic nitrogens is 4. The third-order valence-corrected chi connectivity index (χ3v) is 3.17. The summed E-state index contributed by atoms with van der Waals surface area (Å²) in [6, 6.07) is 0. The fourth-order valence-electron chi connectivity index (χ4n) is 2.20. The highest BCUT2D eigenvalue weighted by Crippen LogP contribution is 2.26. The molecule has 0 bridgehead atoms. The molecule has 1 atom stereocenters. The van der Waals surface area contributed by atoms with Gasteiger partial charge in [0.15, 0.2) is 5.82 Å². The number of nitrogens with zero attached hydrogens (tertiary/aromatic N) is 4. The lowest BCUT2D eigenvalue weighted by Gasteiger charge is -2.33. The van der Waals surface area contributed by atoms with Crippen molar-refractivity contribution in [3.05, 3.63) is 5.82 Å². The second-order valence-corrected chi connectivity index (χ2v) is 4.84. The van der Waals surface area contributed by atoms with Crippen LogP contribution in [0.25, 0.3) is 0 Å². The summed E-state index contributed by atoms with van der Waals surface area (Å²) < 4.78 is 7.48. The van der Waals surface area contributed by atoms with Gasteiger partial charge in [-0.3, -0.25) is 0 Å². The molecule has 1 aliphatic heterocycles. The van der Waals surface area contributed by atoms with Crippen LogP contribution >= 0.6 is 0 Å². The molecule has 0 saturated carbocycles.